The van der Waals surface area contributed by atoms with Crippen LogP contribution in [0.15, 0.2) is 28.7 Å². The van der Waals surface area contributed by atoms with E-state index in [2.05, 4.69) is 0 Å². The van der Waals surface area contributed by atoms with Crippen LogP contribution in [-0.2, 0) is 0 Å². The van der Waals surface area contributed by atoms with Crippen LogP contribution in [0.1, 0.15) is 17.4 Å². The average Bonchev–Trinajstić information content (AvgIpc) is 2.53. The molecular weight excluding hydrogens is 178 g/mol. The predicted octanol–water partition coefficient (Wildman–Crippen LogP) is 1.73. The van der Waals surface area contributed by atoms with E-state index >= 15 is 0 Å². The Morgan fingerprint density at radius 1 is 1.43 bits per heavy atom. The van der Waals surface area contributed by atoms with Crippen molar-refractivity contribution in [1.82, 2.24) is 0 Å². The van der Waals surface area contributed by atoms with Crippen LogP contribution in [0.4, 0.5) is 0 Å². The third kappa shape index (κ3) is 1.31. The topological polar surface area (TPSA) is 59.4 Å². The number of fused-ring (bicyclic) bond motifs is 1. The Hall–Kier alpha value is -1.32. The average molecular weight is 191 g/mol. The summed E-state index contributed by atoms with van der Waals surface area (Å²) in [7, 11) is 0. The molecule has 0 aliphatic rings. The zero-order valence-electron chi connectivity index (χ0n) is 8.03. The van der Waals surface area contributed by atoms with Crippen molar-refractivity contribution in [2.24, 2.45) is 5.73 Å². The van der Waals surface area contributed by atoms with Gasteiger partial charge in [-0.2, -0.15) is 0 Å². The molecule has 0 radical (unpaired) electrons. The summed E-state index contributed by atoms with van der Waals surface area (Å²) >= 11 is 0. The van der Waals surface area contributed by atoms with E-state index in [1.165, 1.54) is 0 Å². The Morgan fingerprint density at radius 2 is 2.14 bits per heavy atom. The Labute approximate surface area is 82.1 Å². The fourth-order valence-electron chi connectivity index (χ4n) is 1.72. The van der Waals surface area contributed by atoms with Gasteiger partial charge in [0, 0.05) is 17.5 Å². The van der Waals surface area contributed by atoms with Gasteiger partial charge in [0.25, 0.3) is 0 Å². The van der Waals surface area contributed by atoms with E-state index in [1.54, 1.807) is 0 Å². The summed E-state index contributed by atoms with van der Waals surface area (Å²) in [5, 5.41) is 10.7. The molecule has 0 aliphatic carbocycles. The number of furan rings is 1. The van der Waals surface area contributed by atoms with Gasteiger partial charge in [0.05, 0.1) is 6.10 Å². The molecule has 0 aliphatic heterocycles. The van der Waals surface area contributed by atoms with Crippen molar-refractivity contribution in [3.05, 3.63) is 35.6 Å². The fourth-order valence-corrected chi connectivity index (χ4v) is 1.72. The highest BCUT2D eigenvalue weighted by atomic mass is 16.3. The molecule has 0 saturated heterocycles. The van der Waals surface area contributed by atoms with Crippen molar-refractivity contribution in [3.63, 3.8) is 0 Å². The first kappa shape index (κ1) is 9.24. The monoisotopic (exact) mass is 191 g/mol. The lowest BCUT2D eigenvalue weighted by atomic mass is 10.1. The molecule has 0 amide bonds. The SMILES string of the molecule is Cc1oc2ccccc2c1C(O)CN. The van der Waals surface area contributed by atoms with Gasteiger partial charge in [0.15, 0.2) is 0 Å². The van der Waals surface area contributed by atoms with Crippen molar-refractivity contribution in [2.75, 3.05) is 6.54 Å². The number of rotatable bonds is 2. The zero-order valence-corrected chi connectivity index (χ0v) is 8.03. The van der Waals surface area contributed by atoms with Crippen LogP contribution in [0.5, 0.6) is 0 Å². The quantitative estimate of drug-likeness (QED) is 0.760. The van der Waals surface area contributed by atoms with Crippen LogP contribution in [0.25, 0.3) is 11.0 Å². The molecule has 2 rings (SSSR count). The number of aryl methyl sites for hydroxylation is 1. The second-order valence-electron chi connectivity index (χ2n) is 3.32. The molecule has 2 aromatic rings. The fraction of sp³-hybridized carbons (Fsp3) is 0.273. The molecule has 0 bridgehead atoms. The molecule has 3 nitrogen and oxygen atoms in total. The summed E-state index contributed by atoms with van der Waals surface area (Å²) in [6, 6.07) is 7.64. The van der Waals surface area contributed by atoms with Crippen LogP contribution in [0.2, 0.25) is 0 Å². The summed E-state index contributed by atoms with van der Waals surface area (Å²) in [5.41, 5.74) is 7.04. The van der Waals surface area contributed by atoms with Gasteiger partial charge in [-0.15, -0.1) is 0 Å². The summed E-state index contributed by atoms with van der Waals surface area (Å²) in [4.78, 5) is 0. The predicted molar refractivity (Wildman–Crippen MR) is 55.0 cm³/mol. The van der Waals surface area contributed by atoms with E-state index in [1.807, 2.05) is 31.2 Å². The van der Waals surface area contributed by atoms with E-state index < -0.39 is 6.10 Å². The molecule has 3 N–H and O–H groups in total. The maximum absolute atomic E-state index is 9.71. The Bertz CT molecular complexity index is 447. The molecule has 0 saturated carbocycles. The number of nitrogens with two attached hydrogens (primary N) is 1. The lowest BCUT2D eigenvalue weighted by molar-refractivity contribution is 0.186. The third-order valence-corrected chi connectivity index (χ3v) is 2.38. The largest absolute Gasteiger partial charge is 0.461 e. The minimum Gasteiger partial charge on any atom is -0.461 e. The highest BCUT2D eigenvalue weighted by Crippen LogP contribution is 2.29. The molecule has 0 spiro atoms. The lowest BCUT2D eigenvalue weighted by Crippen LogP contribution is -2.11. The van der Waals surface area contributed by atoms with Crippen LogP contribution >= 0.6 is 0 Å². The van der Waals surface area contributed by atoms with Crippen molar-refractivity contribution < 1.29 is 9.52 Å². The molecule has 74 valence electrons. The minimum absolute atomic E-state index is 0.213. The molecule has 1 atom stereocenters. The van der Waals surface area contributed by atoms with Crippen LogP contribution in [0, 0.1) is 6.92 Å². The molecular formula is C11H13NO2. The standard InChI is InChI=1S/C11H13NO2/c1-7-11(9(13)6-12)8-4-2-3-5-10(8)14-7/h2-5,9,13H,6,12H2,1H3. The van der Waals surface area contributed by atoms with Crippen molar-refractivity contribution >= 4 is 11.0 Å². The second kappa shape index (κ2) is 3.44. The summed E-state index contributed by atoms with van der Waals surface area (Å²) in [5.74, 6) is 0.740. The van der Waals surface area contributed by atoms with E-state index in [-0.39, 0.29) is 6.54 Å². The zero-order chi connectivity index (χ0) is 10.1. The van der Waals surface area contributed by atoms with Crippen molar-refractivity contribution in [1.29, 1.82) is 0 Å². The number of hydrogen-bond acceptors (Lipinski definition) is 3. The third-order valence-electron chi connectivity index (χ3n) is 2.38. The van der Waals surface area contributed by atoms with E-state index in [0.29, 0.717) is 0 Å². The first-order valence-corrected chi connectivity index (χ1v) is 4.60. The van der Waals surface area contributed by atoms with Gasteiger partial charge in [0.2, 0.25) is 0 Å². The Balaban J connectivity index is 2.67. The number of hydrogen-bond donors (Lipinski definition) is 2. The van der Waals surface area contributed by atoms with E-state index in [4.69, 9.17) is 10.2 Å². The first-order valence-electron chi connectivity index (χ1n) is 4.60. The van der Waals surface area contributed by atoms with E-state index in [9.17, 15) is 5.11 Å². The molecule has 1 aromatic carbocycles. The van der Waals surface area contributed by atoms with Gasteiger partial charge >= 0.3 is 0 Å². The number of aliphatic hydroxyl groups excluding tert-OH is 1. The highest BCUT2D eigenvalue weighted by Gasteiger charge is 2.16. The second-order valence-corrected chi connectivity index (χ2v) is 3.32. The van der Waals surface area contributed by atoms with Crippen LogP contribution in [0.3, 0.4) is 0 Å². The maximum Gasteiger partial charge on any atom is 0.134 e. The summed E-state index contributed by atoms with van der Waals surface area (Å²) in [6.07, 6.45) is -0.640. The number of benzene rings is 1. The van der Waals surface area contributed by atoms with Gasteiger partial charge in [0.1, 0.15) is 11.3 Å². The highest BCUT2D eigenvalue weighted by molar-refractivity contribution is 5.82. The van der Waals surface area contributed by atoms with Crippen LogP contribution in [-0.4, -0.2) is 11.7 Å². The minimum atomic E-state index is -0.640. The van der Waals surface area contributed by atoms with Gasteiger partial charge in [-0.05, 0) is 13.0 Å². The first-order chi connectivity index (χ1) is 6.74. The number of aliphatic hydroxyl groups is 1. The number of para-hydroxylation sites is 1. The summed E-state index contributed by atoms with van der Waals surface area (Å²) < 4.78 is 5.51. The van der Waals surface area contributed by atoms with E-state index in [0.717, 1.165) is 22.3 Å². The summed E-state index contributed by atoms with van der Waals surface area (Å²) in [6.45, 7) is 2.05. The van der Waals surface area contributed by atoms with Gasteiger partial charge in [-0.25, -0.2) is 0 Å². The van der Waals surface area contributed by atoms with Crippen molar-refractivity contribution in [2.45, 2.75) is 13.0 Å². The molecule has 1 heterocycles. The molecule has 3 heteroatoms. The Kier molecular flexibility index (Phi) is 2.27. The molecule has 1 aromatic heterocycles. The molecule has 0 fully saturated rings. The normalized spacial score (nSPS) is 13.4. The van der Waals surface area contributed by atoms with Gasteiger partial charge in [-0.1, -0.05) is 18.2 Å². The Morgan fingerprint density at radius 3 is 2.86 bits per heavy atom. The van der Waals surface area contributed by atoms with Crippen LogP contribution < -0.4 is 5.73 Å². The lowest BCUT2D eigenvalue weighted by Gasteiger charge is -2.06. The molecule has 14 heavy (non-hydrogen) atoms. The smallest absolute Gasteiger partial charge is 0.134 e. The van der Waals surface area contributed by atoms with Gasteiger partial charge in [-0.3, -0.25) is 0 Å². The van der Waals surface area contributed by atoms with Crippen molar-refractivity contribution in [3.8, 4) is 0 Å². The maximum atomic E-state index is 9.71. The molecule has 1 unspecified atom stereocenters. The van der Waals surface area contributed by atoms with Gasteiger partial charge < -0.3 is 15.3 Å².